The van der Waals surface area contributed by atoms with Crippen LogP contribution >= 0.6 is 0 Å². The normalized spacial score (nSPS) is 13.8. The van der Waals surface area contributed by atoms with Crippen LogP contribution in [0, 0.1) is 0 Å². The Morgan fingerprint density at radius 1 is 0.469 bits per heavy atom. The number of fused-ring (bicyclic) bond motifs is 8. The first-order valence-electron chi connectivity index (χ1n) is 11.5. The quantitative estimate of drug-likeness (QED) is 0.233. The minimum absolute atomic E-state index is 0.149. The van der Waals surface area contributed by atoms with Crippen molar-refractivity contribution in [1.82, 2.24) is 0 Å². The van der Waals surface area contributed by atoms with E-state index in [9.17, 15) is 4.79 Å². The van der Waals surface area contributed by atoms with E-state index < -0.39 is 0 Å². The summed E-state index contributed by atoms with van der Waals surface area (Å²) in [5.74, 6) is 0.149. The second-order valence-corrected chi connectivity index (χ2v) is 8.71. The van der Waals surface area contributed by atoms with Crippen LogP contribution in [0.25, 0.3) is 32.7 Å². The summed E-state index contributed by atoms with van der Waals surface area (Å²) < 4.78 is 0. The Bertz CT molecular complexity index is 1440. The van der Waals surface area contributed by atoms with Crippen molar-refractivity contribution < 1.29 is 4.79 Å². The molecular weight excluding hydrogens is 388 g/mol. The largest absolute Gasteiger partial charge is 0.289 e. The standard InChI is InChI=1S/C18H16.C13H8O/c1-3-7-15-13(5-1)9-11-18-16-8-4-2-6-14(16)10-12-17(15)18;14-13-11-7-3-1-5-9(11)10-6-2-4-8-12(10)13/h1,3,5,7,9-12H,2,4,6,8H2;1-8H. The zero-order valence-electron chi connectivity index (χ0n) is 18.0. The minimum atomic E-state index is 0.149. The highest BCUT2D eigenvalue weighted by molar-refractivity contribution is 6.21. The maximum Gasteiger partial charge on any atom is 0.194 e. The highest BCUT2D eigenvalue weighted by atomic mass is 16.1. The molecule has 0 amide bonds. The first-order chi connectivity index (χ1) is 15.8. The number of hydrogen-bond donors (Lipinski definition) is 0. The van der Waals surface area contributed by atoms with Crippen LogP contribution in [0.2, 0.25) is 0 Å². The molecule has 2 aliphatic carbocycles. The van der Waals surface area contributed by atoms with Crippen LogP contribution in [0.1, 0.15) is 39.9 Å². The van der Waals surface area contributed by atoms with Gasteiger partial charge in [-0.1, -0.05) is 97.1 Å². The molecule has 7 rings (SSSR count). The van der Waals surface area contributed by atoms with Crippen molar-refractivity contribution in [1.29, 1.82) is 0 Å². The number of hydrogen-bond acceptors (Lipinski definition) is 1. The van der Waals surface area contributed by atoms with Gasteiger partial charge in [0.15, 0.2) is 5.78 Å². The first-order valence-corrected chi connectivity index (χ1v) is 11.5. The predicted octanol–water partition coefficient (Wildman–Crippen LogP) is 7.77. The van der Waals surface area contributed by atoms with E-state index in [4.69, 9.17) is 0 Å². The number of benzene rings is 5. The van der Waals surface area contributed by atoms with Gasteiger partial charge in [-0.3, -0.25) is 4.79 Å². The van der Waals surface area contributed by atoms with E-state index in [1.807, 2.05) is 48.5 Å². The van der Waals surface area contributed by atoms with Gasteiger partial charge in [0.05, 0.1) is 0 Å². The van der Waals surface area contributed by atoms with Crippen molar-refractivity contribution in [3.05, 3.63) is 119 Å². The third kappa shape index (κ3) is 3.05. The molecule has 1 heteroatoms. The smallest absolute Gasteiger partial charge is 0.194 e. The highest BCUT2D eigenvalue weighted by Gasteiger charge is 2.24. The third-order valence-corrected chi connectivity index (χ3v) is 6.89. The Morgan fingerprint density at radius 2 is 1.06 bits per heavy atom. The van der Waals surface area contributed by atoms with Crippen molar-refractivity contribution in [3.8, 4) is 11.1 Å². The van der Waals surface area contributed by atoms with Gasteiger partial charge in [0.25, 0.3) is 0 Å². The molecule has 32 heavy (non-hydrogen) atoms. The lowest BCUT2D eigenvalue weighted by Crippen LogP contribution is -2.02. The van der Waals surface area contributed by atoms with Crippen molar-refractivity contribution in [2.75, 3.05) is 0 Å². The average molecular weight is 413 g/mol. The van der Waals surface area contributed by atoms with Crippen molar-refractivity contribution in [2.45, 2.75) is 25.7 Å². The van der Waals surface area contributed by atoms with Gasteiger partial charge < -0.3 is 0 Å². The van der Waals surface area contributed by atoms with Crippen LogP contribution in [0.3, 0.4) is 0 Å². The van der Waals surface area contributed by atoms with Gasteiger partial charge in [-0.2, -0.15) is 0 Å². The lowest BCUT2D eigenvalue weighted by molar-refractivity contribution is 0.104. The maximum absolute atomic E-state index is 11.9. The molecule has 0 fully saturated rings. The van der Waals surface area contributed by atoms with Crippen molar-refractivity contribution >= 4 is 27.3 Å². The summed E-state index contributed by atoms with van der Waals surface area (Å²) in [6.07, 6.45) is 5.22. The van der Waals surface area contributed by atoms with E-state index in [0.29, 0.717) is 0 Å². The molecule has 0 bridgehead atoms. The summed E-state index contributed by atoms with van der Waals surface area (Å²) in [6, 6.07) is 33.5. The van der Waals surface area contributed by atoms with Crippen molar-refractivity contribution in [3.63, 3.8) is 0 Å². The maximum atomic E-state index is 11.9. The minimum Gasteiger partial charge on any atom is -0.289 e. The van der Waals surface area contributed by atoms with E-state index in [1.165, 1.54) is 47.2 Å². The Hall–Kier alpha value is -3.71. The van der Waals surface area contributed by atoms with E-state index in [1.54, 1.807) is 11.1 Å². The van der Waals surface area contributed by atoms with E-state index >= 15 is 0 Å². The third-order valence-electron chi connectivity index (χ3n) is 6.89. The molecule has 0 spiro atoms. The molecule has 1 nitrogen and oxygen atoms in total. The molecule has 154 valence electrons. The molecule has 0 atom stereocenters. The average Bonchev–Trinajstić information content (AvgIpc) is 3.16. The SMILES string of the molecule is O=C1c2ccccc2-c2ccccc21.c1ccc2c(c1)ccc1c3c(ccc12)CCCC3. The zero-order chi connectivity index (χ0) is 21.5. The summed E-state index contributed by atoms with van der Waals surface area (Å²) in [4.78, 5) is 11.9. The molecular formula is C31H24O. The molecule has 0 aliphatic heterocycles. The molecule has 0 heterocycles. The van der Waals surface area contributed by atoms with Gasteiger partial charge in [0.2, 0.25) is 0 Å². The molecule has 0 radical (unpaired) electrons. The number of carbonyl (C=O) groups is 1. The Labute approximate surface area is 188 Å². The molecule has 5 aromatic rings. The second-order valence-electron chi connectivity index (χ2n) is 8.71. The number of aryl methyl sites for hydroxylation is 2. The van der Waals surface area contributed by atoms with Crippen LogP contribution in [-0.4, -0.2) is 5.78 Å². The van der Waals surface area contributed by atoms with Gasteiger partial charge >= 0.3 is 0 Å². The van der Waals surface area contributed by atoms with E-state index in [-0.39, 0.29) is 5.78 Å². The molecule has 0 N–H and O–H groups in total. The molecule has 0 unspecified atom stereocenters. The van der Waals surface area contributed by atoms with Crippen LogP contribution in [0.4, 0.5) is 0 Å². The van der Waals surface area contributed by atoms with E-state index in [2.05, 4.69) is 48.5 Å². The number of ketones is 1. The number of rotatable bonds is 0. The summed E-state index contributed by atoms with van der Waals surface area (Å²) in [7, 11) is 0. The second kappa shape index (κ2) is 7.76. The predicted molar refractivity (Wildman–Crippen MR) is 133 cm³/mol. The molecule has 0 saturated carbocycles. The van der Waals surface area contributed by atoms with Gasteiger partial charge in [-0.15, -0.1) is 0 Å². The fraction of sp³-hybridized carbons (Fsp3) is 0.129. The zero-order valence-corrected chi connectivity index (χ0v) is 18.0. The van der Waals surface area contributed by atoms with Gasteiger partial charge in [-0.05, 0) is 69.5 Å². The lowest BCUT2D eigenvalue weighted by atomic mass is 9.86. The highest BCUT2D eigenvalue weighted by Crippen LogP contribution is 2.36. The lowest BCUT2D eigenvalue weighted by Gasteiger charge is -2.18. The fourth-order valence-corrected chi connectivity index (χ4v) is 5.32. The topological polar surface area (TPSA) is 17.1 Å². The molecule has 5 aromatic carbocycles. The summed E-state index contributed by atoms with van der Waals surface area (Å²) in [6.45, 7) is 0. The van der Waals surface area contributed by atoms with Crippen LogP contribution in [-0.2, 0) is 12.8 Å². The molecule has 2 aliphatic rings. The van der Waals surface area contributed by atoms with Crippen LogP contribution in [0.15, 0.2) is 97.1 Å². The fourth-order valence-electron chi connectivity index (χ4n) is 5.32. The van der Waals surface area contributed by atoms with Gasteiger partial charge in [-0.25, -0.2) is 0 Å². The summed E-state index contributed by atoms with van der Waals surface area (Å²) in [5, 5.41) is 5.64. The van der Waals surface area contributed by atoms with Gasteiger partial charge in [0, 0.05) is 11.1 Å². The Morgan fingerprint density at radius 3 is 1.81 bits per heavy atom. The molecule has 0 aromatic heterocycles. The molecule has 0 saturated heterocycles. The van der Waals surface area contributed by atoms with Crippen LogP contribution < -0.4 is 0 Å². The van der Waals surface area contributed by atoms with Crippen molar-refractivity contribution in [2.24, 2.45) is 0 Å². The first kappa shape index (κ1) is 19.0. The Balaban J connectivity index is 0.000000126. The van der Waals surface area contributed by atoms with Crippen LogP contribution in [0.5, 0.6) is 0 Å². The number of carbonyl (C=O) groups excluding carboxylic acids is 1. The monoisotopic (exact) mass is 412 g/mol. The summed E-state index contributed by atoms with van der Waals surface area (Å²) in [5.41, 5.74) is 6.96. The summed E-state index contributed by atoms with van der Waals surface area (Å²) >= 11 is 0. The Kier molecular flexibility index (Phi) is 4.61. The van der Waals surface area contributed by atoms with E-state index in [0.717, 1.165) is 22.3 Å². The van der Waals surface area contributed by atoms with Gasteiger partial charge in [0.1, 0.15) is 0 Å².